The number of amides is 4. The van der Waals surface area contributed by atoms with Crippen LogP contribution in [0.1, 0.15) is 64.1 Å². The number of nitrogens with one attached hydrogen (secondary N) is 2. The summed E-state index contributed by atoms with van der Waals surface area (Å²) < 4.78 is 0. The zero-order chi connectivity index (χ0) is 20.7. The third-order valence-electron chi connectivity index (χ3n) is 5.88. The largest absolute Gasteiger partial charge is 0.348 e. The fourth-order valence-corrected chi connectivity index (χ4v) is 5.02. The molecule has 1 aromatic carbocycles. The van der Waals surface area contributed by atoms with E-state index in [4.69, 9.17) is 0 Å². The average molecular weight is 386 g/mol. The van der Waals surface area contributed by atoms with Crippen LogP contribution in [0, 0.1) is 18.3 Å². The van der Waals surface area contributed by atoms with Gasteiger partial charge in [0.25, 0.3) is 5.91 Å². The van der Waals surface area contributed by atoms with E-state index in [1.165, 1.54) is 0 Å². The highest BCUT2D eigenvalue weighted by molar-refractivity contribution is 6.09. The van der Waals surface area contributed by atoms with Crippen LogP contribution < -0.4 is 10.6 Å². The van der Waals surface area contributed by atoms with Gasteiger partial charge in [-0.05, 0) is 50.0 Å². The van der Waals surface area contributed by atoms with Gasteiger partial charge in [0.1, 0.15) is 12.1 Å². The SMILES string of the molecule is Cc1ccc(C(C)NC(=O)CN2C(=O)NC3(CC(C)CC(C)(C)C3)C2=O)cc1. The van der Waals surface area contributed by atoms with Crippen LogP contribution in [0.2, 0.25) is 0 Å². The van der Waals surface area contributed by atoms with Crippen molar-refractivity contribution in [1.82, 2.24) is 15.5 Å². The van der Waals surface area contributed by atoms with Gasteiger partial charge in [-0.3, -0.25) is 14.5 Å². The second-order valence-corrected chi connectivity index (χ2v) is 9.46. The summed E-state index contributed by atoms with van der Waals surface area (Å²) in [5.41, 5.74) is 1.23. The molecule has 1 spiro atoms. The standard InChI is InChI=1S/C22H31N3O3/c1-14-6-8-17(9-7-14)16(3)23-18(26)12-25-19(27)22(24-20(25)28)11-15(2)10-21(4,5)13-22/h6-9,15-16H,10-13H2,1-5H3,(H,23,26)(H,24,28). The van der Waals surface area contributed by atoms with Gasteiger partial charge in [-0.25, -0.2) is 4.79 Å². The fourth-order valence-electron chi connectivity index (χ4n) is 5.02. The minimum Gasteiger partial charge on any atom is -0.348 e. The van der Waals surface area contributed by atoms with E-state index in [1.807, 2.05) is 38.1 Å². The van der Waals surface area contributed by atoms with Gasteiger partial charge in [0.05, 0.1) is 6.04 Å². The smallest absolute Gasteiger partial charge is 0.325 e. The molecule has 0 bridgehead atoms. The van der Waals surface area contributed by atoms with Gasteiger partial charge in [-0.2, -0.15) is 0 Å². The lowest BCUT2D eigenvalue weighted by Crippen LogP contribution is -2.54. The molecule has 1 aromatic rings. The monoisotopic (exact) mass is 385 g/mol. The van der Waals surface area contributed by atoms with Crippen LogP contribution in [-0.2, 0) is 9.59 Å². The summed E-state index contributed by atoms with van der Waals surface area (Å²) in [4.78, 5) is 39.2. The van der Waals surface area contributed by atoms with Crippen molar-refractivity contribution in [3.63, 3.8) is 0 Å². The maximum Gasteiger partial charge on any atom is 0.325 e. The molecule has 2 fully saturated rings. The minimum atomic E-state index is -0.874. The first-order chi connectivity index (χ1) is 13.0. The lowest BCUT2D eigenvalue weighted by Gasteiger charge is -2.43. The molecule has 1 saturated carbocycles. The summed E-state index contributed by atoms with van der Waals surface area (Å²) in [6.45, 7) is 10.0. The predicted molar refractivity (Wildman–Crippen MR) is 108 cm³/mol. The van der Waals surface area contributed by atoms with Crippen LogP contribution in [-0.4, -0.2) is 34.8 Å². The molecule has 152 valence electrons. The Labute approximate surface area is 167 Å². The van der Waals surface area contributed by atoms with Crippen molar-refractivity contribution in [2.75, 3.05) is 6.54 Å². The van der Waals surface area contributed by atoms with Crippen molar-refractivity contribution in [2.45, 2.75) is 65.5 Å². The van der Waals surface area contributed by atoms with E-state index in [-0.39, 0.29) is 29.8 Å². The van der Waals surface area contributed by atoms with Crippen LogP contribution in [0.5, 0.6) is 0 Å². The number of urea groups is 1. The molecule has 2 N–H and O–H groups in total. The topological polar surface area (TPSA) is 78.5 Å². The number of hydrogen-bond acceptors (Lipinski definition) is 3. The normalized spacial score (nSPS) is 27.6. The van der Waals surface area contributed by atoms with E-state index in [0.29, 0.717) is 18.8 Å². The molecule has 1 aliphatic heterocycles. The van der Waals surface area contributed by atoms with E-state index in [2.05, 4.69) is 31.4 Å². The van der Waals surface area contributed by atoms with Crippen molar-refractivity contribution in [1.29, 1.82) is 0 Å². The average Bonchev–Trinajstić information content (AvgIpc) is 2.77. The van der Waals surface area contributed by atoms with Gasteiger partial charge in [0, 0.05) is 0 Å². The number of aryl methyl sites for hydroxylation is 1. The maximum atomic E-state index is 13.1. The van der Waals surface area contributed by atoms with Gasteiger partial charge in [-0.1, -0.05) is 50.6 Å². The molecular formula is C22H31N3O3. The first-order valence-electron chi connectivity index (χ1n) is 10.0. The fraction of sp³-hybridized carbons (Fsp3) is 0.591. The Morgan fingerprint density at radius 2 is 1.89 bits per heavy atom. The highest BCUT2D eigenvalue weighted by Crippen LogP contribution is 2.46. The van der Waals surface area contributed by atoms with E-state index in [9.17, 15) is 14.4 Å². The number of hydrogen-bond donors (Lipinski definition) is 2. The summed E-state index contributed by atoms with van der Waals surface area (Å²) in [6.07, 6.45) is 2.25. The summed E-state index contributed by atoms with van der Waals surface area (Å²) in [5, 5.41) is 5.80. The van der Waals surface area contributed by atoms with Crippen LogP contribution in [0.15, 0.2) is 24.3 Å². The molecule has 1 heterocycles. The summed E-state index contributed by atoms with van der Waals surface area (Å²) in [5.74, 6) is -0.268. The molecule has 3 atom stereocenters. The zero-order valence-corrected chi connectivity index (χ0v) is 17.5. The second kappa shape index (κ2) is 7.22. The van der Waals surface area contributed by atoms with Gasteiger partial charge in [-0.15, -0.1) is 0 Å². The molecule has 6 heteroatoms. The Kier molecular flexibility index (Phi) is 5.26. The molecule has 0 aromatic heterocycles. The third kappa shape index (κ3) is 4.05. The minimum absolute atomic E-state index is 0.0289. The number of carbonyl (C=O) groups excluding carboxylic acids is 3. The van der Waals surface area contributed by atoms with E-state index in [0.717, 1.165) is 22.4 Å². The molecule has 6 nitrogen and oxygen atoms in total. The van der Waals surface area contributed by atoms with Gasteiger partial charge < -0.3 is 10.6 Å². The number of benzene rings is 1. The molecule has 0 radical (unpaired) electrons. The molecule has 3 rings (SSSR count). The number of carbonyl (C=O) groups is 3. The zero-order valence-electron chi connectivity index (χ0n) is 17.5. The molecule has 28 heavy (non-hydrogen) atoms. The highest BCUT2D eigenvalue weighted by atomic mass is 16.2. The Balaban J connectivity index is 1.67. The summed E-state index contributed by atoms with van der Waals surface area (Å²) in [6, 6.07) is 7.25. The molecule has 1 aliphatic carbocycles. The number of nitrogens with zero attached hydrogens (tertiary/aromatic N) is 1. The molecule has 3 unspecified atom stereocenters. The van der Waals surface area contributed by atoms with Gasteiger partial charge >= 0.3 is 6.03 Å². The first kappa shape index (κ1) is 20.4. The Morgan fingerprint density at radius 3 is 2.50 bits per heavy atom. The second-order valence-electron chi connectivity index (χ2n) is 9.46. The van der Waals surface area contributed by atoms with Crippen molar-refractivity contribution in [3.8, 4) is 0 Å². The van der Waals surface area contributed by atoms with Crippen molar-refractivity contribution >= 4 is 17.8 Å². The van der Waals surface area contributed by atoms with Crippen molar-refractivity contribution in [3.05, 3.63) is 35.4 Å². The highest BCUT2D eigenvalue weighted by Gasteiger charge is 2.56. The predicted octanol–water partition coefficient (Wildman–Crippen LogP) is 3.31. The molecular weight excluding hydrogens is 354 g/mol. The van der Waals surface area contributed by atoms with E-state index < -0.39 is 11.6 Å². The van der Waals surface area contributed by atoms with Gasteiger partial charge in [0.2, 0.25) is 5.91 Å². The Bertz CT molecular complexity index is 787. The quantitative estimate of drug-likeness (QED) is 0.781. The van der Waals surface area contributed by atoms with Crippen LogP contribution >= 0.6 is 0 Å². The van der Waals surface area contributed by atoms with E-state index >= 15 is 0 Å². The summed E-state index contributed by atoms with van der Waals surface area (Å²) >= 11 is 0. The Morgan fingerprint density at radius 1 is 1.25 bits per heavy atom. The van der Waals surface area contributed by atoms with E-state index in [1.54, 1.807) is 0 Å². The van der Waals surface area contributed by atoms with Crippen LogP contribution in [0.25, 0.3) is 0 Å². The Hall–Kier alpha value is -2.37. The van der Waals surface area contributed by atoms with Crippen LogP contribution in [0.3, 0.4) is 0 Å². The maximum absolute atomic E-state index is 13.1. The van der Waals surface area contributed by atoms with Crippen molar-refractivity contribution in [2.24, 2.45) is 11.3 Å². The molecule has 2 aliphatic rings. The molecule has 4 amide bonds. The van der Waals surface area contributed by atoms with Crippen LogP contribution in [0.4, 0.5) is 4.79 Å². The lowest BCUT2D eigenvalue weighted by molar-refractivity contribution is -0.137. The third-order valence-corrected chi connectivity index (χ3v) is 5.88. The lowest BCUT2D eigenvalue weighted by atomic mass is 9.64. The molecule has 1 saturated heterocycles. The first-order valence-corrected chi connectivity index (χ1v) is 10.0. The number of imide groups is 1. The summed E-state index contributed by atoms with van der Waals surface area (Å²) in [7, 11) is 0. The van der Waals surface area contributed by atoms with Gasteiger partial charge in [0.15, 0.2) is 0 Å². The van der Waals surface area contributed by atoms with Crippen molar-refractivity contribution < 1.29 is 14.4 Å². The number of rotatable bonds is 4.